The van der Waals surface area contributed by atoms with Crippen molar-refractivity contribution in [2.45, 2.75) is 19.9 Å². The Morgan fingerprint density at radius 3 is 2.58 bits per heavy atom. The van der Waals surface area contributed by atoms with Gasteiger partial charge in [0, 0.05) is 23.9 Å². The molecule has 102 valence electrons. The summed E-state index contributed by atoms with van der Waals surface area (Å²) in [6.07, 6.45) is 0. The van der Waals surface area contributed by atoms with Crippen molar-refractivity contribution in [1.29, 1.82) is 0 Å². The van der Waals surface area contributed by atoms with E-state index in [-0.39, 0.29) is 5.82 Å². The maximum Gasteiger partial charge on any atom is 0.124 e. The van der Waals surface area contributed by atoms with Gasteiger partial charge in [0.05, 0.1) is 18.8 Å². The predicted molar refractivity (Wildman–Crippen MR) is 71.7 cm³/mol. The molecule has 5 heteroatoms. The Morgan fingerprint density at radius 1 is 1.37 bits per heavy atom. The summed E-state index contributed by atoms with van der Waals surface area (Å²) in [5, 5.41) is 4.34. The first kappa shape index (κ1) is 13.5. The second-order valence-electron chi connectivity index (χ2n) is 4.57. The lowest BCUT2D eigenvalue weighted by Gasteiger charge is -2.16. The number of nitrogens with two attached hydrogens (primary N) is 1. The van der Waals surface area contributed by atoms with Gasteiger partial charge in [0.15, 0.2) is 0 Å². The topological polar surface area (TPSA) is 53.1 Å². The summed E-state index contributed by atoms with van der Waals surface area (Å²) in [4.78, 5) is 0. The molecule has 19 heavy (non-hydrogen) atoms. The minimum atomic E-state index is -0.459. The molecule has 0 aliphatic heterocycles. The summed E-state index contributed by atoms with van der Waals surface area (Å²) in [6, 6.07) is 3.90. The van der Waals surface area contributed by atoms with Crippen molar-refractivity contribution in [3.8, 4) is 5.75 Å². The molecular weight excluding hydrogens is 245 g/mol. The van der Waals surface area contributed by atoms with Gasteiger partial charge in [0.2, 0.25) is 0 Å². The van der Waals surface area contributed by atoms with Gasteiger partial charge >= 0.3 is 0 Å². The zero-order valence-corrected chi connectivity index (χ0v) is 11.6. The van der Waals surface area contributed by atoms with Crippen LogP contribution in [0.2, 0.25) is 0 Å². The summed E-state index contributed by atoms with van der Waals surface area (Å²) in [6.45, 7) is 3.84. The molecule has 0 saturated heterocycles. The predicted octanol–water partition coefficient (Wildman–Crippen LogP) is 2.23. The van der Waals surface area contributed by atoms with E-state index in [1.807, 2.05) is 20.9 Å². The molecule has 0 aliphatic carbocycles. The van der Waals surface area contributed by atoms with E-state index >= 15 is 0 Å². The highest BCUT2D eigenvalue weighted by molar-refractivity contribution is 5.44. The van der Waals surface area contributed by atoms with Crippen LogP contribution in [-0.2, 0) is 7.05 Å². The van der Waals surface area contributed by atoms with E-state index in [2.05, 4.69) is 5.10 Å². The van der Waals surface area contributed by atoms with Crippen LogP contribution in [0.3, 0.4) is 0 Å². The lowest BCUT2D eigenvalue weighted by molar-refractivity contribution is 0.406. The van der Waals surface area contributed by atoms with Crippen LogP contribution in [0.4, 0.5) is 4.39 Å². The number of methoxy groups -OCH3 is 1. The Morgan fingerprint density at radius 2 is 2.05 bits per heavy atom. The Kier molecular flexibility index (Phi) is 3.57. The number of hydrogen-bond acceptors (Lipinski definition) is 3. The number of aryl methyl sites for hydroxylation is 2. The zero-order valence-electron chi connectivity index (χ0n) is 11.6. The quantitative estimate of drug-likeness (QED) is 0.924. The molecule has 1 atom stereocenters. The van der Waals surface area contributed by atoms with Crippen LogP contribution in [0.15, 0.2) is 18.2 Å². The molecule has 0 radical (unpaired) electrons. The molecule has 0 spiro atoms. The number of benzene rings is 1. The fraction of sp³-hybridized carbons (Fsp3) is 0.357. The van der Waals surface area contributed by atoms with Gasteiger partial charge in [-0.1, -0.05) is 0 Å². The molecular formula is C14H18FN3O. The van der Waals surface area contributed by atoms with E-state index in [1.165, 1.54) is 12.1 Å². The zero-order chi connectivity index (χ0) is 14.2. The monoisotopic (exact) mass is 263 g/mol. The highest BCUT2D eigenvalue weighted by Crippen LogP contribution is 2.31. The molecule has 2 rings (SSSR count). The van der Waals surface area contributed by atoms with Gasteiger partial charge in [-0.25, -0.2) is 4.39 Å². The highest BCUT2D eigenvalue weighted by Gasteiger charge is 2.21. The maximum absolute atomic E-state index is 13.4. The van der Waals surface area contributed by atoms with Crippen molar-refractivity contribution in [3.63, 3.8) is 0 Å². The third-order valence-electron chi connectivity index (χ3n) is 3.40. The number of hydrogen-bond donors (Lipinski definition) is 1. The minimum Gasteiger partial charge on any atom is -0.496 e. The molecule has 2 aromatic rings. The molecule has 1 heterocycles. The summed E-state index contributed by atoms with van der Waals surface area (Å²) in [7, 11) is 3.41. The van der Waals surface area contributed by atoms with Crippen molar-refractivity contribution in [1.82, 2.24) is 9.78 Å². The van der Waals surface area contributed by atoms with Crippen molar-refractivity contribution >= 4 is 0 Å². The molecule has 0 bridgehead atoms. The second kappa shape index (κ2) is 5.01. The largest absolute Gasteiger partial charge is 0.496 e. The van der Waals surface area contributed by atoms with Gasteiger partial charge in [-0.15, -0.1) is 0 Å². The van der Waals surface area contributed by atoms with Crippen molar-refractivity contribution in [2.24, 2.45) is 12.8 Å². The smallest absolute Gasteiger partial charge is 0.124 e. The molecule has 0 saturated carbocycles. The van der Waals surface area contributed by atoms with Gasteiger partial charge < -0.3 is 10.5 Å². The summed E-state index contributed by atoms with van der Waals surface area (Å²) in [5.41, 5.74) is 9.63. The lowest BCUT2D eigenvalue weighted by Crippen LogP contribution is -2.15. The van der Waals surface area contributed by atoms with Crippen LogP contribution in [-0.4, -0.2) is 16.9 Å². The first-order chi connectivity index (χ1) is 8.95. The molecule has 0 amide bonds. The Balaban J connectivity index is 2.55. The molecule has 1 aromatic heterocycles. The number of aromatic nitrogens is 2. The van der Waals surface area contributed by atoms with Crippen molar-refractivity contribution in [3.05, 3.63) is 46.5 Å². The Bertz CT molecular complexity index is 607. The normalized spacial score (nSPS) is 12.5. The van der Waals surface area contributed by atoms with E-state index in [1.54, 1.807) is 17.9 Å². The third-order valence-corrected chi connectivity index (χ3v) is 3.40. The van der Waals surface area contributed by atoms with Crippen molar-refractivity contribution in [2.75, 3.05) is 7.11 Å². The third kappa shape index (κ3) is 2.33. The molecule has 2 N–H and O–H groups in total. The Labute approximate surface area is 112 Å². The second-order valence-corrected chi connectivity index (χ2v) is 4.57. The van der Waals surface area contributed by atoms with E-state index in [9.17, 15) is 4.39 Å². The van der Waals surface area contributed by atoms with Gasteiger partial charge in [-0.3, -0.25) is 4.68 Å². The summed E-state index contributed by atoms with van der Waals surface area (Å²) < 4.78 is 20.5. The van der Waals surface area contributed by atoms with Gasteiger partial charge in [-0.2, -0.15) is 5.10 Å². The van der Waals surface area contributed by atoms with Crippen LogP contribution in [0.1, 0.15) is 28.6 Å². The highest BCUT2D eigenvalue weighted by atomic mass is 19.1. The summed E-state index contributed by atoms with van der Waals surface area (Å²) >= 11 is 0. The van der Waals surface area contributed by atoms with Crippen LogP contribution in [0.5, 0.6) is 5.75 Å². The minimum absolute atomic E-state index is 0.328. The van der Waals surface area contributed by atoms with E-state index in [0.717, 1.165) is 17.0 Å². The number of rotatable bonds is 3. The van der Waals surface area contributed by atoms with Crippen LogP contribution < -0.4 is 10.5 Å². The lowest BCUT2D eigenvalue weighted by atomic mass is 9.97. The van der Waals surface area contributed by atoms with Crippen LogP contribution in [0, 0.1) is 19.7 Å². The number of nitrogens with zero attached hydrogens (tertiary/aromatic N) is 2. The fourth-order valence-corrected chi connectivity index (χ4v) is 2.34. The molecule has 1 unspecified atom stereocenters. The van der Waals surface area contributed by atoms with Crippen LogP contribution >= 0.6 is 0 Å². The number of halogens is 1. The van der Waals surface area contributed by atoms with E-state index in [4.69, 9.17) is 10.5 Å². The Hall–Kier alpha value is -1.88. The summed E-state index contributed by atoms with van der Waals surface area (Å²) in [5.74, 6) is 0.252. The van der Waals surface area contributed by atoms with Gasteiger partial charge in [0.25, 0.3) is 0 Å². The standard InChI is InChI=1S/C14H18FN3O/c1-8-13(9(2)18(3)17-8)14(16)11-7-10(15)5-6-12(11)19-4/h5-7,14H,16H2,1-4H3. The molecule has 0 aliphatic rings. The SMILES string of the molecule is COc1ccc(F)cc1C(N)c1c(C)nn(C)c1C. The van der Waals surface area contributed by atoms with Crippen molar-refractivity contribution < 1.29 is 9.13 Å². The fourth-order valence-electron chi connectivity index (χ4n) is 2.34. The average Bonchev–Trinajstić information content (AvgIpc) is 2.62. The van der Waals surface area contributed by atoms with E-state index in [0.29, 0.717) is 11.3 Å². The van der Waals surface area contributed by atoms with Gasteiger partial charge in [-0.05, 0) is 32.0 Å². The van der Waals surface area contributed by atoms with Crippen LogP contribution in [0.25, 0.3) is 0 Å². The first-order valence-electron chi connectivity index (χ1n) is 6.04. The van der Waals surface area contributed by atoms with Gasteiger partial charge in [0.1, 0.15) is 11.6 Å². The maximum atomic E-state index is 13.4. The van der Waals surface area contributed by atoms with E-state index < -0.39 is 6.04 Å². The molecule has 4 nitrogen and oxygen atoms in total. The molecule has 0 fully saturated rings. The molecule has 1 aromatic carbocycles. The first-order valence-corrected chi connectivity index (χ1v) is 6.04. The number of ether oxygens (including phenoxy) is 1. The average molecular weight is 263 g/mol.